The molecule has 0 atom stereocenters. The van der Waals surface area contributed by atoms with Crippen LogP contribution in [0.3, 0.4) is 0 Å². The molecule has 0 saturated heterocycles. The topological polar surface area (TPSA) is 81.9 Å². The Labute approximate surface area is 146 Å². The molecule has 24 heavy (non-hydrogen) atoms. The van der Waals surface area contributed by atoms with Crippen LogP contribution in [0.4, 0.5) is 0 Å². The number of benzene rings is 2. The van der Waals surface area contributed by atoms with Crippen LogP contribution >= 0.6 is 15.9 Å². The molecule has 2 aromatic carbocycles. The SMILES string of the molecule is COc1ccc(C(=O)NCc2nnnn2-c2cccc(Br)c2)cc1. The molecule has 1 heterocycles. The van der Waals surface area contributed by atoms with Crippen molar-refractivity contribution in [3.8, 4) is 11.4 Å². The fourth-order valence-corrected chi connectivity index (χ4v) is 2.52. The van der Waals surface area contributed by atoms with Crippen molar-refractivity contribution < 1.29 is 9.53 Å². The first-order valence-corrected chi connectivity index (χ1v) is 7.92. The Morgan fingerprint density at radius 2 is 2.04 bits per heavy atom. The van der Waals surface area contributed by atoms with Gasteiger partial charge in [-0.2, -0.15) is 4.68 Å². The number of hydrogen-bond donors (Lipinski definition) is 1. The Balaban J connectivity index is 1.71. The third kappa shape index (κ3) is 3.60. The number of amides is 1. The molecular weight excluding hydrogens is 374 g/mol. The van der Waals surface area contributed by atoms with E-state index in [1.165, 1.54) is 0 Å². The molecule has 0 saturated carbocycles. The van der Waals surface area contributed by atoms with Crippen molar-refractivity contribution in [1.82, 2.24) is 25.5 Å². The van der Waals surface area contributed by atoms with Crippen molar-refractivity contribution in [2.75, 3.05) is 7.11 Å². The number of hydrogen-bond acceptors (Lipinski definition) is 5. The van der Waals surface area contributed by atoms with Crippen LogP contribution in [-0.2, 0) is 6.54 Å². The summed E-state index contributed by atoms with van der Waals surface area (Å²) in [6, 6.07) is 14.5. The summed E-state index contributed by atoms with van der Waals surface area (Å²) in [5.74, 6) is 1.03. The third-order valence-electron chi connectivity index (χ3n) is 3.35. The lowest BCUT2D eigenvalue weighted by Gasteiger charge is -2.07. The molecule has 122 valence electrons. The van der Waals surface area contributed by atoms with Gasteiger partial charge in [-0.05, 0) is 52.9 Å². The second-order valence-corrected chi connectivity index (χ2v) is 5.81. The van der Waals surface area contributed by atoms with Crippen LogP contribution < -0.4 is 10.1 Å². The van der Waals surface area contributed by atoms with Gasteiger partial charge in [-0.25, -0.2) is 0 Å². The number of tetrazole rings is 1. The third-order valence-corrected chi connectivity index (χ3v) is 3.84. The summed E-state index contributed by atoms with van der Waals surface area (Å²) in [5, 5.41) is 14.4. The van der Waals surface area contributed by atoms with E-state index in [2.05, 4.69) is 36.8 Å². The van der Waals surface area contributed by atoms with E-state index in [1.807, 2.05) is 24.3 Å². The number of halogens is 1. The Hall–Kier alpha value is -2.74. The predicted octanol–water partition coefficient (Wildman–Crippen LogP) is 2.36. The van der Waals surface area contributed by atoms with Gasteiger partial charge in [-0.3, -0.25) is 4.79 Å². The minimum atomic E-state index is -0.207. The van der Waals surface area contributed by atoms with Crippen LogP contribution in [0.15, 0.2) is 53.0 Å². The van der Waals surface area contributed by atoms with Gasteiger partial charge in [-0.15, -0.1) is 5.10 Å². The summed E-state index contributed by atoms with van der Waals surface area (Å²) in [5.41, 5.74) is 1.35. The van der Waals surface area contributed by atoms with Crippen LogP contribution in [0.2, 0.25) is 0 Å². The van der Waals surface area contributed by atoms with Crippen molar-refractivity contribution >= 4 is 21.8 Å². The summed E-state index contributed by atoms with van der Waals surface area (Å²) in [6.45, 7) is 0.213. The van der Waals surface area contributed by atoms with Gasteiger partial charge in [0.15, 0.2) is 5.82 Å². The maximum atomic E-state index is 12.2. The number of carbonyl (C=O) groups excluding carboxylic acids is 1. The molecule has 3 rings (SSSR count). The number of carbonyl (C=O) groups is 1. The Morgan fingerprint density at radius 1 is 1.25 bits per heavy atom. The highest BCUT2D eigenvalue weighted by atomic mass is 79.9. The zero-order valence-electron chi connectivity index (χ0n) is 12.8. The molecule has 0 radical (unpaired) electrons. The number of methoxy groups -OCH3 is 1. The van der Waals surface area contributed by atoms with Gasteiger partial charge in [-0.1, -0.05) is 22.0 Å². The largest absolute Gasteiger partial charge is 0.497 e. The predicted molar refractivity (Wildman–Crippen MR) is 91.0 cm³/mol. The van der Waals surface area contributed by atoms with Crippen LogP contribution in [0.1, 0.15) is 16.2 Å². The molecule has 1 N–H and O–H groups in total. The summed E-state index contributed by atoms with van der Waals surface area (Å²) in [4.78, 5) is 12.2. The number of ether oxygens (including phenoxy) is 1. The van der Waals surface area contributed by atoms with Crippen molar-refractivity contribution in [3.05, 3.63) is 64.4 Å². The van der Waals surface area contributed by atoms with E-state index in [4.69, 9.17) is 4.74 Å². The van der Waals surface area contributed by atoms with Crippen molar-refractivity contribution in [1.29, 1.82) is 0 Å². The molecular formula is C16H14BrN5O2. The fraction of sp³-hybridized carbons (Fsp3) is 0.125. The van der Waals surface area contributed by atoms with E-state index in [-0.39, 0.29) is 12.5 Å². The fourth-order valence-electron chi connectivity index (χ4n) is 2.13. The first kappa shape index (κ1) is 16.1. The molecule has 0 aliphatic heterocycles. The van der Waals surface area contributed by atoms with Gasteiger partial charge < -0.3 is 10.1 Å². The highest BCUT2D eigenvalue weighted by molar-refractivity contribution is 9.10. The van der Waals surface area contributed by atoms with Gasteiger partial charge in [0.1, 0.15) is 5.75 Å². The van der Waals surface area contributed by atoms with E-state index < -0.39 is 0 Å². The maximum absolute atomic E-state index is 12.2. The van der Waals surface area contributed by atoms with Crippen molar-refractivity contribution in [3.63, 3.8) is 0 Å². The zero-order valence-corrected chi connectivity index (χ0v) is 14.4. The first-order chi connectivity index (χ1) is 11.7. The molecule has 8 heteroatoms. The van der Waals surface area contributed by atoms with Crippen molar-refractivity contribution in [2.24, 2.45) is 0 Å². The van der Waals surface area contributed by atoms with Crippen LogP contribution in [0.25, 0.3) is 5.69 Å². The minimum absolute atomic E-state index is 0.207. The quantitative estimate of drug-likeness (QED) is 0.726. The maximum Gasteiger partial charge on any atom is 0.251 e. The lowest BCUT2D eigenvalue weighted by molar-refractivity contribution is 0.0949. The zero-order chi connectivity index (χ0) is 16.9. The highest BCUT2D eigenvalue weighted by Gasteiger charge is 2.11. The van der Waals surface area contributed by atoms with E-state index in [9.17, 15) is 4.79 Å². The summed E-state index contributed by atoms with van der Waals surface area (Å²) in [6.07, 6.45) is 0. The Bertz CT molecular complexity index is 848. The monoisotopic (exact) mass is 387 g/mol. The molecule has 1 aromatic heterocycles. The highest BCUT2D eigenvalue weighted by Crippen LogP contribution is 2.15. The van der Waals surface area contributed by atoms with Gasteiger partial charge in [0, 0.05) is 10.0 Å². The average molecular weight is 388 g/mol. The van der Waals surface area contributed by atoms with Gasteiger partial charge in [0.2, 0.25) is 0 Å². The molecule has 0 bridgehead atoms. The van der Waals surface area contributed by atoms with Crippen LogP contribution in [-0.4, -0.2) is 33.2 Å². The molecule has 0 fully saturated rings. The lowest BCUT2D eigenvalue weighted by atomic mass is 10.2. The van der Waals surface area contributed by atoms with E-state index in [1.54, 1.807) is 36.1 Å². The summed E-state index contributed by atoms with van der Waals surface area (Å²) >= 11 is 3.41. The minimum Gasteiger partial charge on any atom is -0.497 e. The number of aromatic nitrogens is 4. The van der Waals surface area contributed by atoms with Crippen molar-refractivity contribution in [2.45, 2.75) is 6.54 Å². The van der Waals surface area contributed by atoms with E-state index >= 15 is 0 Å². The summed E-state index contributed by atoms with van der Waals surface area (Å²) in [7, 11) is 1.58. The molecule has 0 spiro atoms. The molecule has 1 amide bonds. The molecule has 0 aliphatic rings. The van der Waals surface area contributed by atoms with E-state index in [0.29, 0.717) is 17.1 Å². The molecule has 7 nitrogen and oxygen atoms in total. The standard InChI is InChI=1S/C16H14BrN5O2/c1-24-14-7-5-11(6-8-14)16(23)18-10-15-19-20-21-22(15)13-4-2-3-12(17)9-13/h2-9H,10H2,1H3,(H,18,23). The normalized spacial score (nSPS) is 10.4. The van der Waals surface area contributed by atoms with Gasteiger partial charge >= 0.3 is 0 Å². The Morgan fingerprint density at radius 3 is 2.75 bits per heavy atom. The number of nitrogens with one attached hydrogen (secondary N) is 1. The number of rotatable bonds is 5. The number of nitrogens with zero attached hydrogens (tertiary/aromatic N) is 4. The second kappa shape index (κ2) is 7.22. The smallest absolute Gasteiger partial charge is 0.251 e. The summed E-state index contributed by atoms with van der Waals surface area (Å²) < 4.78 is 7.58. The molecule has 0 aliphatic carbocycles. The second-order valence-electron chi connectivity index (χ2n) is 4.90. The van der Waals surface area contributed by atoms with Gasteiger partial charge in [0.05, 0.1) is 19.3 Å². The Kier molecular flexibility index (Phi) is 4.85. The van der Waals surface area contributed by atoms with E-state index in [0.717, 1.165) is 10.2 Å². The lowest BCUT2D eigenvalue weighted by Crippen LogP contribution is -2.24. The molecule has 0 unspecified atom stereocenters. The molecule has 3 aromatic rings. The first-order valence-electron chi connectivity index (χ1n) is 7.13. The van der Waals surface area contributed by atoms with Crippen LogP contribution in [0, 0.1) is 0 Å². The average Bonchev–Trinajstić information content (AvgIpc) is 3.08. The van der Waals surface area contributed by atoms with Gasteiger partial charge in [0.25, 0.3) is 5.91 Å². The van der Waals surface area contributed by atoms with Crippen LogP contribution in [0.5, 0.6) is 5.75 Å².